The fourth-order valence-corrected chi connectivity index (χ4v) is 5.28. The Hall–Kier alpha value is -2.47. The predicted octanol–water partition coefficient (Wildman–Crippen LogP) is 2.78. The second-order valence-corrected chi connectivity index (χ2v) is 10.5. The molecule has 0 aromatic carbocycles. The Bertz CT molecular complexity index is 1090. The number of nitrogens with zero attached hydrogens (tertiary/aromatic N) is 5. The van der Waals surface area contributed by atoms with Gasteiger partial charge in [-0.2, -0.15) is 9.29 Å². The third kappa shape index (κ3) is 5.96. The van der Waals surface area contributed by atoms with Crippen molar-refractivity contribution < 1.29 is 18.3 Å². The molecule has 0 unspecified atom stereocenters. The summed E-state index contributed by atoms with van der Waals surface area (Å²) in [6, 6.07) is 3.24. The van der Waals surface area contributed by atoms with E-state index in [9.17, 15) is 13.5 Å². The zero-order valence-corrected chi connectivity index (χ0v) is 20.3. The fraction of sp³-hybridized carbons (Fsp3) is 0.565. The van der Waals surface area contributed by atoms with E-state index in [1.165, 1.54) is 10.5 Å². The summed E-state index contributed by atoms with van der Waals surface area (Å²) in [4.78, 5) is 18.4. The van der Waals surface area contributed by atoms with Gasteiger partial charge in [-0.15, -0.1) is 0 Å². The van der Waals surface area contributed by atoms with Gasteiger partial charge in [0, 0.05) is 37.7 Å². The molecule has 1 aliphatic heterocycles. The van der Waals surface area contributed by atoms with Gasteiger partial charge in [0.1, 0.15) is 4.90 Å². The Kier molecular flexibility index (Phi) is 8.19. The Balaban J connectivity index is 1.62. The van der Waals surface area contributed by atoms with Crippen LogP contribution in [0.5, 0.6) is 0 Å². The molecule has 184 valence electrons. The first-order valence-electron chi connectivity index (χ1n) is 11.9. The first-order chi connectivity index (χ1) is 16.5. The van der Waals surface area contributed by atoms with E-state index in [2.05, 4.69) is 27.2 Å². The van der Waals surface area contributed by atoms with Gasteiger partial charge in [0.15, 0.2) is 5.82 Å². The third-order valence-electron chi connectivity index (χ3n) is 6.00. The molecule has 4 rings (SSSR count). The average Bonchev–Trinajstić information content (AvgIpc) is 2.86. The van der Waals surface area contributed by atoms with Gasteiger partial charge in [0.05, 0.1) is 30.6 Å². The van der Waals surface area contributed by atoms with Crippen LogP contribution in [0.15, 0.2) is 34.4 Å². The van der Waals surface area contributed by atoms with Crippen molar-refractivity contribution in [2.45, 2.75) is 56.4 Å². The second-order valence-electron chi connectivity index (χ2n) is 8.52. The van der Waals surface area contributed by atoms with Crippen molar-refractivity contribution >= 4 is 27.5 Å². The SMILES string of the molecule is CCCCNc1ncc(-c2ccc(S(=O)(=O)N3CCOCC3)cn2)c(N=C2CCC(O)CC2)n1. The van der Waals surface area contributed by atoms with Crippen LogP contribution >= 0.6 is 0 Å². The highest BCUT2D eigenvalue weighted by atomic mass is 32.2. The number of nitrogens with one attached hydrogen (secondary N) is 1. The summed E-state index contributed by atoms with van der Waals surface area (Å²) in [6.07, 6.45) is 7.65. The van der Waals surface area contributed by atoms with Crippen LogP contribution in [0.2, 0.25) is 0 Å². The minimum atomic E-state index is -3.62. The van der Waals surface area contributed by atoms with E-state index in [4.69, 9.17) is 9.73 Å². The number of hydrogen-bond acceptors (Lipinski definition) is 9. The minimum Gasteiger partial charge on any atom is -0.393 e. The maximum Gasteiger partial charge on any atom is 0.244 e. The number of pyridine rings is 1. The molecule has 1 aliphatic carbocycles. The Morgan fingerprint density at radius 3 is 2.62 bits per heavy atom. The number of aliphatic hydroxyl groups is 1. The van der Waals surface area contributed by atoms with E-state index in [1.807, 2.05) is 0 Å². The molecule has 2 aromatic rings. The lowest BCUT2D eigenvalue weighted by atomic mass is 9.96. The number of aliphatic imine (C=N–C) groups is 1. The van der Waals surface area contributed by atoms with Gasteiger partial charge in [-0.1, -0.05) is 13.3 Å². The molecule has 0 bridgehead atoms. The summed E-state index contributed by atoms with van der Waals surface area (Å²) in [5.41, 5.74) is 2.17. The maximum atomic E-state index is 12.9. The Labute approximate surface area is 200 Å². The number of morpholine rings is 1. The quantitative estimate of drug-likeness (QED) is 0.543. The van der Waals surface area contributed by atoms with Crippen molar-refractivity contribution in [3.63, 3.8) is 0 Å². The number of aromatic nitrogens is 3. The van der Waals surface area contributed by atoms with E-state index >= 15 is 0 Å². The summed E-state index contributed by atoms with van der Waals surface area (Å²) in [6.45, 7) is 4.34. The molecular formula is C23H32N6O4S. The van der Waals surface area contributed by atoms with Gasteiger partial charge in [-0.3, -0.25) is 4.98 Å². The minimum absolute atomic E-state index is 0.144. The van der Waals surface area contributed by atoms with Crippen LogP contribution in [0.4, 0.5) is 11.8 Å². The van der Waals surface area contributed by atoms with Gasteiger partial charge >= 0.3 is 0 Å². The number of sulfonamides is 1. The molecule has 0 atom stereocenters. The zero-order chi connectivity index (χ0) is 24.0. The Morgan fingerprint density at radius 2 is 1.94 bits per heavy atom. The number of ether oxygens (including phenoxy) is 1. The molecule has 10 nitrogen and oxygen atoms in total. The molecule has 0 amide bonds. The van der Waals surface area contributed by atoms with Gasteiger partial charge in [-0.25, -0.2) is 18.4 Å². The van der Waals surface area contributed by atoms with E-state index in [1.54, 1.807) is 18.3 Å². The van der Waals surface area contributed by atoms with Gasteiger partial charge in [0.25, 0.3) is 0 Å². The molecule has 1 saturated carbocycles. The van der Waals surface area contributed by atoms with Crippen LogP contribution < -0.4 is 5.32 Å². The molecule has 2 aromatic heterocycles. The molecule has 3 heterocycles. The highest BCUT2D eigenvalue weighted by molar-refractivity contribution is 7.89. The molecule has 0 radical (unpaired) electrons. The summed E-state index contributed by atoms with van der Waals surface area (Å²) in [5.74, 6) is 0.996. The van der Waals surface area contributed by atoms with E-state index < -0.39 is 10.0 Å². The predicted molar refractivity (Wildman–Crippen MR) is 130 cm³/mol. The first kappa shape index (κ1) is 24.6. The van der Waals surface area contributed by atoms with Gasteiger partial charge < -0.3 is 15.2 Å². The van der Waals surface area contributed by atoms with Crippen LogP contribution in [-0.4, -0.2) is 77.4 Å². The van der Waals surface area contributed by atoms with Gasteiger partial charge in [-0.05, 0) is 44.2 Å². The lowest BCUT2D eigenvalue weighted by Crippen LogP contribution is -2.40. The lowest BCUT2D eigenvalue weighted by Gasteiger charge is -2.25. The summed E-state index contributed by atoms with van der Waals surface area (Å²) >= 11 is 0. The van der Waals surface area contributed by atoms with E-state index in [0.29, 0.717) is 75.0 Å². The molecule has 1 saturated heterocycles. The van der Waals surface area contributed by atoms with Gasteiger partial charge in [0.2, 0.25) is 16.0 Å². The smallest absolute Gasteiger partial charge is 0.244 e. The third-order valence-corrected chi connectivity index (χ3v) is 7.88. The molecule has 2 aliphatic rings. The summed E-state index contributed by atoms with van der Waals surface area (Å²) in [7, 11) is -3.62. The normalized spacial score (nSPS) is 19.7. The highest BCUT2D eigenvalue weighted by Gasteiger charge is 2.27. The maximum absolute atomic E-state index is 12.9. The van der Waals surface area contributed by atoms with E-state index in [0.717, 1.165) is 25.1 Å². The van der Waals surface area contributed by atoms with Crippen molar-refractivity contribution in [2.75, 3.05) is 38.2 Å². The average molecular weight is 489 g/mol. The van der Waals surface area contributed by atoms with Crippen molar-refractivity contribution in [1.29, 1.82) is 0 Å². The van der Waals surface area contributed by atoms with Crippen molar-refractivity contribution in [3.05, 3.63) is 24.5 Å². The molecule has 2 N–H and O–H groups in total. The van der Waals surface area contributed by atoms with Crippen molar-refractivity contribution in [2.24, 2.45) is 4.99 Å². The topological polar surface area (TPSA) is 130 Å². The number of hydrogen-bond donors (Lipinski definition) is 2. The lowest BCUT2D eigenvalue weighted by molar-refractivity contribution is 0.0730. The summed E-state index contributed by atoms with van der Waals surface area (Å²) in [5, 5.41) is 13.0. The zero-order valence-electron chi connectivity index (χ0n) is 19.5. The number of unbranched alkanes of at least 4 members (excludes halogenated alkanes) is 1. The molecule has 0 spiro atoms. The molecule has 11 heteroatoms. The van der Waals surface area contributed by atoms with Crippen molar-refractivity contribution in [3.8, 4) is 11.3 Å². The summed E-state index contributed by atoms with van der Waals surface area (Å²) < 4.78 is 32.5. The second kappa shape index (κ2) is 11.3. The van der Waals surface area contributed by atoms with E-state index in [-0.39, 0.29) is 11.0 Å². The van der Waals surface area contributed by atoms with Crippen LogP contribution in [0.3, 0.4) is 0 Å². The van der Waals surface area contributed by atoms with Crippen LogP contribution in [0.1, 0.15) is 45.4 Å². The largest absolute Gasteiger partial charge is 0.393 e. The fourth-order valence-electron chi connectivity index (χ4n) is 3.93. The van der Waals surface area contributed by atoms with Crippen LogP contribution in [0, 0.1) is 0 Å². The molecule has 2 fully saturated rings. The number of anilines is 1. The van der Waals surface area contributed by atoms with Crippen LogP contribution in [0.25, 0.3) is 11.3 Å². The monoisotopic (exact) mass is 488 g/mol. The standard InChI is InChI=1S/C23H32N6O4S/c1-2-3-10-24-23-26-16-20(22(28-23)27-17-4-6-18(30)7-5-17)21-9-8-19(15-25-21)34(31,32)29-11-13-33-14-12-29/h8-9,15-16,18,30H,2-7,10-14H2,1H3,(H,24,26,28). The molecule has 34 heavy (non-hydrogen) atoms. The van der Waals surface area contributed by atoms with Crippen LogP contribution in [-0.2, 0) is 14.8 Å². The number of rotatable bonds is 8. The first-order valence-corrected chi connectivity index (χ1v) is 13.3. The Morgan fingerprint density at radius 1 is 1.18 bits per heavy atom. The number of aliphatic hydroxyl groups excluding tert-OH is 1. The van der Waals surface area contributed by atoms with Crippen molar-refractivity contribution in [1.82, 2.24) is 19.3 Å². The highest BCUT2D eigenvalue weighted by Crippen LogP contribution is 2.30. The molecular weight excluding hydrogens is 456 g/mol.